The summed E-state index contributed by atoms with van der Waals surface area (Å²) in [6.07, 6.45) is 2.97. The second-order valence-electron chi connectivity index (χ2n) is 17.2. The number of fused-ring (bicyclic) bond motifs is 3. The van der Waals surface area contributed by atoms with E-state index in [9.17, 15) is 9.59 Å². The molecule has 2 N–H and O–H groups in total. The van der Waals surface area contributed by atoms with E-state index < -0.39 is 6.04 Å². The number of hydrogen-bond acceptors (Lipinski definition) is 12. The topological polar surface area (TPSA) is 152 Å². The first-order valence-corrected chi connectivity index (χ1v) is 24.1. The van der Waals surface area contributed by atoms with Crippen LogP contribution in [0.4, 0.5) is 11.5 Å². The molecule has 3 aromatic heterocycles. The first-order chi connectivity index (χ1) is 31.3. The zero-order valence-corrected chi connectivity index (χ0v) is 40.0. The van der Waals surface area contributed by atoms with Gasteiger partial charge in [-0.05, 0) is 95.4 Å². The number of anilines is 1. The fourth-order valence-electron chi connectivity index (χ4n) is 9.06. The molecule has 9 rings (SSSR count). The quantitative estimate of drug-likeness (QED) is 0.139. The molecule has 2 amide bonds. The lowest BCUT2D eigenvalue weighted by molar-refractivity contribution is -0.133. The molecule has 65 heavy (non-hydrogen) atoms. The van der Waals surface area contributed by atoms with Crippen LogP contribution in [0.5, 0.6) is 0 Å². The van der Waals surface area contributed by atoms with Crippen LogP contribution in [0.2, 0.25) is 15.1 Å². The van der Waals surface area contributed by atoms with Crippen LogP contribution < -0.4 is 15.8 Å². The number of piperazine rings is 1. The van der Waals surface area contributed by atoms with Crippen molar-refractivity contribution in [3.8, 4) is 5.00 Å². The highest BCUT2D eigenvalue weighted by atomic mass is 35.5. The van der Waals surface area contributed by atoms with E-state index in [1.54, 1.807) is 17.4 Å². The normalized spacial score (nSPS) is 18.9. The summed E-state index contributed by atoms with van der Waals surface area (Å²) in [6, 6.07) is 14.6. The third kappa shape index (κ3) is 10.2. The molecule has 0 spiro atoms. The summed E-state index contributed by atoms with van der Waals surface area (Å²) in [5, 5.41) is 16.8. The smallest absolute Gasteiger partial charge is 0.234 e. The number of aryl methyl sites for hydroxylation is 3. The highest BCUT2D eigenvalue weighted by Crippen LogP contribution is 2.40. The van der Waals surface area contributed by atoms with Gasteiger partial charge in [0.25, 0.3) is 0 Å². The Morgan fingerprint density at radius 3 is 2.40 bits per heavy atom. The first-order valence-electron chi connectivity index (χ1n) is 22.1. The third-order valence-corrected chi connectivity index (χ3v) is 14.9. The lowest BCUT2D eigenvalue weighted by Gasteiger charge is -2.39. The zero-order chi connectivity index (χ0) is 45.4. The van der Waals surface area contributed by atoms with Crippen molar-refractivity contribution in [2.45, 2.75) is 66.0 Å². The van der Waals surface area contributed by atoms with Crippen LogP contribution in [-0.2, 0) is 16.1 Å². The predicted octanol–water partition coefficient (Wildman–Crippen LogP) is 7.21. The van der Waals surface area contributed by atoms with E-state index in [2.05, 4.69) is 59.1 Å². The minimum atomic E-state index is -0.487. The summed E-state index contributed by atoms with van der Waals surface area (Å²) in [6.45, 7) is 15.1. The van der Waals surface area contributed by atoms with Crippen LogP contribution in [-0.4, -0.2) is 122 Å². The second kappa shape index (κ2) is 19.5. The van der Waals surface area contributed by atoms with Gasteiger partial charge in [-0.15, -0.1) is 21.5 Å². The van der Waals surface area contributed by atoms with E-state index in [4.69, 9.17) is 44.8 Å². The Kier molecular flexibility index (Phi) is 13.5. The molecule has 5 aromatic rings. The van der Waals surface area contributed by atoms with Crippen LogP contribution in [0.15, 0.2) is 58.5 Å². The van der Waals surface area contributed by atoms with Crippen molar-refractivity contribution in [2.75, 3.05) is 63.9 Å². The van der Waals surface area contributed by atoms with Crippen molar-refractivity contribution >= 4 is 81.0 Å². The fourth-order valence-corrected chi connectivity index (χ4v) is 10.7. The molecule has 3 saturated heterocycles. The van der Waals surface area contributed by atoms with Gasteiger partial charge in [0, 0.05) is 72.8 Å². The Labute approximate surface area is 397 Å². The fraction of sp³-hybridized carbons (Fsp3) is 0.435. The number of piperidine rings is 1. The van der Waals surface area contributed by atoms with Gasteiger partial charge >= 0.3 is 0 Å². The molecule has 0 aliphatic carbocycles. The van der Waals surface area contributed by atoms with Crippen molar-refractivity contribution in [3.05, 3.63) is 108 Å². The average Bonchev–Trinajstić information content (AvgIpc) is 3.97. The zero-order valence-electron chi connectivity index (χ0n) is 37.0. The van der Waals surface area contributed by atoms with Crippen LogP contribution in [0.25, 0.3) is 5.00 Å². The van der Waals surface area contributed by atoms with Crippen molar-refractivity contribution in [2.24, 2.45) is 15.9 Å². The minimum Gasteiger partial charge on any atom is -0.349 e. The number of rotatable bonds is 11. The van der Waals surface area contributed by atoms with Crippen molar-refractivity contribution in [3.63, 3.8) is 0 Å². The number of thiophene rings is 1. The van der Waals surface area contributed by atoms with Gasteiger partial charge < -0.3 is 10.2 Å². The predicted molar refractivity (Wildman–Crippen MR) is 257 cm³/mol. The van der Waals surface area contributed by atoms with E-state index in [0.717, 1.165) is 96.9 Å². The summed E-state index contributed by atoms with van der Waals surface area (Å²) >= 11 is 20.3. The number of halogens is 3. The van der Waals surface area contributed by atoms with E-state index in [1.165, 1.54) is 4.88 Å². The molecule has 15 nitrogen and oxygen atoms in total. The molecular weight excluding hydrogens is 905 g/mol. The maximum absolute atomic E-state index is 14.0. The molecule has 0 saturated carbocycles. The maximum atomic E-state index is 14.0. The SMILES string of the molecule is Cc1nc(CNC(=O)CN2CCC(CN3CCN(C(=O)C[C@@H]4N=C(c5ccc(Cl)cc5)c5c(sc(C)c5C)-n5c(C)nnc54)CC3)CC2)cc(N=C2CCN(c3ccc(Cl)c(Cl)c3)N2)n1. The molecule has 3 fully saturated rings. The van der Waals surface area contributed by atoms with Gasteiger partial charge in [-0.25, -0.2) is 15.0 Å². The molecule has 19 heteroatoms. The number of benzene rings is 2. The number of aromatic nitrogens is 5. The molecule has 7 heterocycles. The van der Waals surface area contributed by atoms with Gasteiger partial charge in [-0.2, -0.15) is 0 Å². The number of aliphatic imine (C=N–C) groups is 2. The lowest BCUT2D eigenvalue weighted by Crippen LogP contribution is -2.51. The number of likely N-dealkylation sites (tertiary alicyclic amines) is 1. The summed E-state index contributed by atoms with van der Waals surface area (Å²) in [4.78, 5) is 54.1. The van der Waals surface area contributed by atoms with E-state index in [1.807, 2.05) is 66.2 Å². The maximum Gasteiger partial charge on any atom is 0.234 e. The standard InChI is InChI=1S/C46H52Cl3N13O2S/c1-27-28(2)65-46-43(27)44(32-5-7-33(47)8-6-32)53-38(45-56-55-30(4)62(45)46)23-42(64)60-19-17-59(18-20-60)25-31-11-14-58(15-12-31)26-41(63)50-24-34-21-40(52-29(3)51-34)54-39-13-16-61(57-39)35-9-10-36(48)37(49)22-35/h5-10,21-22,31,38H,11-20,23-26H2,1-4H3,(H,50,63)(H,51,52,54,57)/t38-/m0/s1. The number of carbonyl (C=O) groups is 2. The van der Waals surface area contributed by atoms with E-state index in [0.29, 0.717) is 76.7 Å². The number of hydrogen-bond donors (Lipinski definition) is 2. The molecule has 4 aliphatic rings. The van der Waals surface area contributed by atoms with Gasteiger partial charge in [0.1, 0.15) is 28.5 Å². The monoisotopic (exact) mass is 955 g/mol. The number of amidine groups is 1. The van der Waals surface area contributed by atoms with Crippen LogP contribution >= 0.6 is 46.1 Å². The Balaban J connectivity index is 0.731. The Bertz CT molecular complexity index is 2650. The number of nitrogens with one attached hydrogen (secondary N) is 2. The molecule has 340 valence electrons. The summed E-state index contributed by atoms with van der Waals surface area (Å²) in [5.74, 6) is 3.95. The third-order valence-electron chi connectivity index (χ3n) is 12.7. The van der Waals surface area contributed by atoms with Crippen LogP contribution in [0, 0.1) is 33.6 Å². The minimum absolute atomic E-state index is 0.0319. The molecule has 4 aliphatic heterocycles. The molecule has 0 bridgehead atoms. The summed E-state index contributed by atoms with van der Waals surface area (Å²) in [7, 11) is 0. The molecule has 0 unspecified atom stereocenters. The lowest BCUT2D eigenvalue weighted by atomic mass is 9.96. The summed E-state index contributed by atoms with van der Waals surface area (Å²) in [5.41, 5.74) is 8.94. The van der Waals surface area contributed by atoms with Gasteiger partial charge in [-0.1, -0.05) is 46.9 Å². The highest BCUT2D eigenvalue weighted by molar-refractivity contribution is 7.15. The van der Waals surface area contributed by atoms with Crippen LogP contribution in [0.3, 0.4) is 0 Å². The van der Waals surface area contributed by atoms with Gasteiger partial charge in [0.15, 0.2) is 11.6 Å². The van der Waals surface area contributed by atoms with Crippen molar-refractivity contribution in [1.29, 1.82) is 0 Å². The number of nitrogens with zero attached hydrogens (tertiary/aromatic N) is 11. The molecule has 1 atom stereocenters. The van der Waals surface area contributed by atoms with Crippen LogP contribution in [0.1, 0.15) is 76.5 Å². The van der Waals surface area contributed by atoms with Crippen molar-refractivity contribution < 1.29 is 9.59 Å². The Morgan fingerprint density at radius 1 is 0.877 bits per heavy atom. The number of carbonyl (C=O) groups excluding carboxylic acids is 2. The second-order valence-corrected chi connectivity index (χ2v) is 19.7. The number of hydrazine groups is 1. The van der Waals surface area contributed by atoms with Gasteiger partial charge in [-0.3, -0.25) is 39.4 Å². The number of amides is 2. The van der Waals surface area contributed by atoms with E-state index >= 15 is 0 Å². The molecule has 2 aromatic carbocycles. The average molecular weight is 957 g/mol. The Hall–Kier alpha value is -4.97. The van der Waals surface area contributed by atoms with Gasteiger partial charge in [0.2, 0.25) is 11.8 Å². The van der Waals surface area contributed by atoms with Crippen molar-refractivity contribution in [1.82, 2.24) is 50.2 Å². The molecule has 0 radical (unpaired) electrons. The van der Waals surface area contributed by atoms with E-state index in [-0.39, 0.29) is 18.2 Å². The Morgan fingerprint density at radius 2 is 1.65 bits per heavy atom. The highest BCUT2D eigenvalue weighted by Gasteiger charge is 2.34. The molecular formula is C46H52Cl3N13O2S. The van der Waals surface area contributed by atoms with Gasteiger partial charge in [0.05, 0.1) is 46.6 Å². The first kappa shape index (κ1) is 45.2. The largest absolute Gasteiger partial charge is 0.349 e. The summed E-state index contributed by atoms with van der Waals surface area (Å²) < 4.78 is 2.09.